The molecule has 5 aromatic rings. The van der Waals surface area contributed by atoms with Crippen LogP contribution in [0.3, 0.4) is 0 Å². The van der Waals surface area contributed by atoms with E-state index in [2.05, 4.69) is 5.32 Å². The normalized spacial score (nSPS) is 11.7. The van der Waals surface area contributed by atoms with Crippen molar-refractivity contribution >= 4 is 28.8 Å². The topological polar surface area (TPSA) is 133 Å². The van der Waals surface area contributed by atoms with E-state index in [1.807, 2.05) is 72.8 Å². The third kappa shape index (κ3) is 7.54. The molecule has 0 aliphatic heterocycles. The fourth-order valence-corrected chi connectivity index (χ4v) is 5.35. The van der Waals surface area contributed by atoms with Crippen LogP contribution in [-0.2, 0) is 17.8 Å². The zero-order chi connectivity index (χ0) is 33.3. The van der Waals surface area contributed by atoms with Crippen molar-refractivity contribution in [1.29, 1.82) is 0 Å². The molecule has 0 bridgehead atoms. The Bertz CT molecular complexity index is 1900. The highest BCUT2D eigenvalue weighted by Gasteiger charge is 2.24. The number of hydrogen-bond acceptors (Lipinski definition) is 8. The molecular weight excluding hydrogens is 600 g/mol. The molecule has 0 aliphatic rings. The summed E-state index contributed by atoms with van der Waals surface area (Å²) in [6.07, 6.45) is 3.16. The number of nitrogens with one attached hydrogen (secondary N) is 2. The Morgan fingerprint density at radius 3 is 2.17 bits per heavy atom. The molecular formula is C36H36N4O7. The largest absolute Gasteiger partial charge is 0.493 e. The molecule has 2 amide bonds. The lowest BCUT2D eigenvalue weighted by molar-refractivity contribution is -0.124. The maximum Gasteiger partial charge on any atom is 0.272 e. The first kappa shape index (κ1) is 32.6. The minimum atomic E-state index is -0.671. The second kappa shape index (κ2) is 15.0. The van der Waals surface area contributed by atoms with E-state index >= 15 is 0 Å². The van der Waals surface area contributed by atoms with Gasteiger partial charge in [0.05, 0.1) is 46.5 Å². The number of carbonyl (C=O) groups excluding carboxylic acids is 2. The second-order valence-corrected chi connectivity index (χ2v) is 10.6. The van der Waals surface area contributed by atoms with Gasteiger partial charge in [0.1, 0.15) is 0 Å². The summed E-state index contributed by atoms with van der Waals surface area (Å²) in [7, 11) is 6.28. The number of rotatable bonds is 13. The summed E-state index contributed by atoms with van der Waals surface area (Å²) >= 11 is 0. The molecule has 0 saturated carbocycles. The highest BCUT2D eigenvalue weighted by Crippen LogP contribution is 2.34. The SMILES string of the molecule is COc1ccc(CC(NC(=O)c2nn(Cc3ccccc3)c3ccc(C=CC(=O)NO)cc23)c2ccc(OC)c(OC)c2)cc1OC. The predicted octanol–water partition coefficient (Wildman–Crippen LogP) is 5.35. The number of benzene rings is 4. The quantitative estimate of drug-likeness (QED) is 0.0895. The lowest BCUT2D eigenvalue weighted by atomic mass is 9.97. The van der Waals surface area contributed by atoms with Gasteiger partial charge in [-0.25, -0.2) is 5.48 Å². The predicted molar refractivity (Wildman–Crippen MR) is 177 cm³/mol. The third-order valence-electron chi connectivity index (χ3n) is 7.71. The number of methoxy groups -OCH3 is 4. The van der Waals surface area contributed by atoms with Gasteiger partial charge in [0, 0.05) is 11.5 Å². The van der Waals surface area contributed by atoms with Crippen LogP contribution in [0.15, 0.2) is 91.0 Å². The maximum absolute atomic E-state index is 14.2. The first-order chi connectivity index (χ1) is 22.9. The van der Waals surface area contributed by atoms with Gasteiger partial charge in [0.2, 0.25) is 0 Å². The Morgan fingerprint density at radius 2 is 1.49 bits per heavy atom. The number of carbonyl (C=O) groups is 2. The van der Waals surface area contributed by atoms with Crippen LogP contribution >= 0.6 is 0 Å². The summed E-state index contributed by atoms with van der Waals surface area (Å²) < 4.78 is 23.7. The van der Waals surface area contributed by atoms with E-state index in [0.29, 0.717) is 46.9 Å². The number of fused-ring (bicyclic) bond motifs is 1. The summed E-state index contributed by atoms with van der Waals surface area (Å²) in [6.45, 7) is 0.442. The van der Waals surface area contributed by atoms with Crippen LogP contribution in [0.5, 0.6) is 23.0 Å². The summed E-state index contributed by atoms with van der Waals surface area (Å²) in [5.74, 6) is 1.20. The van der Waals surface area contributed by atoms with Crippen molar-refractivity contribution in [2.24, 2.45) is 0 Å². The summed E-state index contributed by atoms with van der Waals surface area (Å²) in [5.41, 5.74) is 5.90. The maximum atomic E-state index is 14.2. The van der Waals surface area contributed by atoms with Crippen LogP contribution < -0.4 is 29.7 Å². The third-order valence-corrected chi connectivity index (χ3v) is 7.71. The number of hydroxylamine groups is 1. The van der Waals surface area contributed by atoms with Crippen molar-refractivity contribution in [2.75, 3.05) is 28.4 Å². The average molecular weight is 637 g/mol. The summed E-state index contributed by atoms with van der Waals surface area (Å²) in [5, 5.41) is 17.5. The highest BCUT2D eigenvalue weighted by atomic mass is 16.5. The van der Waals surface area contributed by atoms with Crippen LogP contribution in [0.25, 0.3) is 17.0 Å². The molecule has 0 spiro atoms. The van der Waals surface area contributed by atoms with Crippen LogP contribution in [0.4, 0.5) is 0 Å². The molecule has 4 aromatic carbocycles. The minimum absolute atomic E-state index is 0.218. The van der Waals surface area contributed by atoms with E-state index in [-0.39, 0.29) is 5.69 Å². The van der Waals surface area contributed by atoms with Gasteiger partial charge in [-0.05, 0) is 71.1 Å². The van der Waals surface area contributed by atoms with Crippen LogP contribution in [0, 0.1) is 0 Å². The number of aromatic nitrogens is 2. The summed E-state index contributed by atoms with van der Waals surface area (Å²) in [4.78, 5) is 25.9. The number of amides is 2. The van der Waals surface area contributed by atoms with Crippen molar-refractivity contribution in [2.45, 2.75) is 19.0 Å². The molecule has 1 heterocycles. The standard InChI is InChI=1S/C36H36N4O7/c1-44-30-15-11-25(20-32(30)46-3)19-28(26-13-16-31(45-2)33(21-26)47-4)37-36(42)35-27-18-23(12-17-34(41)39-43)10-14-29(27)40(38-35)22-24-8-6-5-7-9-24/h5-18,20-21,28,43H,19,22H2,1-4H3,(H,37,42)(H,39,41). The molecule has 5 rings (SSSR count). The van der Waals surface area contributed by atoms with Gasteiger partial charge in [-0.3, -0.25) is 19.5 Å². The molecule has 0 radical (unpaired) electrons. The minimum Gasteiger partial charge on any atom is -0.493 e. The molecule has 1 aromatic heterocycles. The Morgan fingerprint density at radius 1 is 0.809 bits per heavy atom. The average Bonchev–Trinajstić information content (AvgIpc) is 3.47. The number of nitrogens with zero attached hydrogens (tertiary/aromatic N) is 2. The Hall–Kier alpha value is -5.81. The Labute approximate surface area is 272 Å². The van der Waals surface area contributed by atoms with E-state index in [1.165, 1.54) is 6.08 Å². The molecule has 1 atom stereocenters. The zero-order valence-corrected chi connectivity index (χ0v) is 26.5. The zero-order valence-electron chi connectivity index (χ0n) is 26.5. The van der Waals surface area contributed by atoms with Gasteiger partial charge in [0.25, 0.3) is 11.8 Å². The van der Waals surface area contributed by atoms with Gasteiger partial charge < -0.3 is 24.3 Å². The Kier molecular flexibility index (Phi) is 10.4. The monoisotopic (exact) mass is 636 g/mol. The highest BCUT2D eigenvalue weighted by molar-refractivity contribution is 6.05. The van der Waals surface area contributed by atoms with E-state index in [4.69, 9.17) is 29.3 Å². The second-order valence-electron chi connectivity index (χ2n) is 10.6. The molecule has 0 saturated heterocycles. The van der Waals surface area contributed by atoms with E-state index < -0.39 is 17.9 Å². The van der Waals surface area contributed by atoms with Gasteiger partial charge in [0.15, 0.2) is 28.7 Å². The van der Waals surface area contributed by atoms with E-state index in [0.717, 1.165) is 22.2 Å². The Balaban J connectivity index is 1.56. The fourth-order valence-electron chi connectivity index (χ4n) is 5.35. The lowest BCUT2D eigenvalue weighted by Gasteiger charge is -2.21. The van der Waals surface area contributed by atoms with E-state index in [9.17, 15) is 9.59 Å². The molecule has 47 heavy (non-hydrogen) atoms. The van der Waals surface area contributed by atoms with Gasteiger partial charge in [-0.1, -0.05) is 48.5 Å². The van der Waals surface area contributed by atoms with Crippen molar-refractivity contribution in [3.63, 3.8) is 0 Å². The first-order valence-corrected chi connectivity index (χ1v) is 14.8. The smallest absolute Gasteiger partial charge is 0.272 e. The van der Waals surface area contributed by atoms with Crippen molar-refractivity contribution in [3.05, 3.63) is 119 Å². The van der Waals surface area contributed by atoms with Crippen molar-refractivity contribution in [1.82, 2.24) is 20.6 Å². The molecule has 11 nitrogen and oxygen atoms in total. The lowest BCUT2D eigenvalue weighted by Crippen LogP contribution is -2.30. The first-order valence-electron chi connectivity index (χ1n) is 14.8. The molecule has 0 aliphatic carbocycles. The van der Waals surface area contributed by atoms with Crippen LogP contribution in [0.1, 0.15) is 38.8 Å². The van der Waals surface area contributed by atoms with Crippen molar-refractivity contribution < 1.29 is 33.7 Å². The van der Waals surface area contributed by atoms with E-state index in [1.54, 1.807) is 56.8 Å². The molecule has 0 fully saturated rings. The van der Waals surface area contributed by atoms with Gasteiger partial charge in [-0.15, -0.1) is 0 Å². The fraction of sp³-hybridized carbons (Fsp3) is 0.194. The molecule has 11 heteroatoms. The molecule has 3 N–H and O–H groups in total. The number of hydrogen-bond donors (Lipinski definition) is 3. The van der Waals surface area contributed by atoms with Crippen LogP contribution in [-0.4, -0.2) is 55.2 Å². The number of ether oxygens (including phenoxy) is 4. The summed E-state index contributed by atoms with van der Waals surface area (Å²) in [6, 6.07) is 25.9. The van der Waals surface area contributed by atoms with Gasteiger partial charge in [-0.2, -0.15) is 5.10 Å². The van der Waals surface area contributed by atoms with Crippen molar-refractivity contribution in [3.8, 4) is 23.0 Å². The molecule has 1 unspecified atom stereocenters. The van der Waals surface area contributed by atoms with Gasteiger partial charge >= 0.3 is 0 Å². The van der Waals surface area contributed by atoms with Crippen LogP contribution in [0.2, 0.25) is 0 Å². The molecule has 242 valence electrons.